The van der Waals surface area contributed by atoms with Gasteiger partial charge in [-0.25, -0.2) is 4.98 Å². The molecule has 1 heterocycles. The molecule has 21 heavy (non-hydrogen) atoms. The van der Waals surface area contributed by atoms with Gasteiger partial charge in [0, 0.05) is 13.1 Å². The van der Waals surface area contributed by atoms with E-state index in [1.807, 2.05) is 19.1 Å². The highest BCUT2D eigenvalue weighted by molar-refractivity contribution is 5.92. The highest BCUT2D eigenvalue weighted by atomic mass is 16.3. The Balaban J connectivity index is 1.86. The van der Waals surface area contributed by atoms with E-state index in [9.17, 15) is 9.90 Å². The molecule has 1 aromatic heterocycles. The van der Waals surface area contributed by atoms with Crippen LogP contribution in [-0.2, 0) is 6.42 Å². The molecule has 1 amide bonds. The van der Waals surface area contributed by atoms with Gasteiger partial charge in [0.15, 0.2) is 0 Å². The van der Waals surface area contributed by atoms with Gasteiger partial charge in [0.05, 0.1) is 12.4 Å². The van der Waals surface area contributed by atoms with E-state index in [-0.39, 0.29) is 11.7 Å². The third-order valence-electron chi connectivity index (χ3n) is 2.86. The lowest BCUT2D eigenvalue weighted by atomic mass is 10.1. The summed E-state index contributed by atoms with van der Waals surface area (Å²) in [5.41, 5.74) is 1.33. The number of rotatable bonds is 6. The Morgan fingerprint density at radius 3 is 2.71 bits per heavy atom. The van der Waals surface area contributed by atoms with Gasteiger partial charge in [-0.3, -0.25) is 9.78 Å². The summed E-state index contributed by atoms with van der Waals surface area (Å²) < 4.78 is 0. The van der Waals surface area contributed by atoms with Crippen LogP contribution in [0, 0.1) is 0 Å². The fourth-order valence-electron chi connectivity index (χ4n) is 1.82. The Kier molecular flexibility index (Phi) is 5.09. The maximum Gasteiger partial charge on any atom is 0.271 e. The molecule has 2 rings (SSSR count). The number of carbonyl (C=O) groups is 1. The summed E-state index contributed by atoms with van der Waals surface area (Å²) >= 11 is 0. The molecule has 0 aliphatic carbocycles. The van der Waals surface area contributed by atoms with Crippen LogP contribution in [0.2, 0.25) is 0 Å². The topological polar surface area (TPSA) is 87.1 Å². The summed E-state index contributed by atoms with van der Waals surface area (Å²) in [5, 5.41) is 15.0. The number of anilines is 1. The number of amides is 1. The second-order valence-corrected chi connectivity index (χ2v) is 4.49. The van der Waals surface area contributed by atoms with Crippen molar-refractivity contribution < 1.29 is 9.90 Å². The quantitative estimate of drug-likeness (QED) is 0.750. The van der Waals surface area contributed by atoms with Gasteiger partial charge in [-0.15, -0.1) is 0 Å². The summed E-state index contributed by atoms with van der Waals surface area (Å²) in [6.45, 7) is 3.17. The van der Waals surface area contributed by atoms with E-state index in [4.69, 9.17) is 0 Å². The highest BCUT2D eigenvalue weighted by Gasteiger charge is 2.08. The van der Waals surface area contributed by atoms with Crippen LogP contribution in [-0.4, -0.2) is 34.1 Å². The smallest absolute Gasteiger partial charge is 0.271 e. The molecule has 0 saturated carbocycles. The molecule has 6 heteroatoms. The van der Waals surface area contributed by atoms with Crippen molar-refractivity contribution in [2.45, 2.75) is 13.3 Å². The van der Waals surface area contributed by atoms with E-state index >= 15 is 0 Å². The van der Waals surface area contributed by atoms with E-state index in [0.29, 0.717) is 24.5 Å². The maximum atomic E-state index is 12.0. The first-order chi connectivity index (χ1) is 10.2. The zero-order chi connectivity index (χ0) is 15.1. The maximum absolute atomic E-state index is 12.0. The second-order valence-electron chi connectivity index (χ2n) is 4.49. The van der Waals surface area contributed by atoms with Crippen molar-refractivity contribution in [1.29, 1.82) is 0 Å². The Bertz CT molecular complexity index is 599. The van der Waals surface area contributed by atoms with Crippen LogP contribution in [0.15, 0.2) is 36.7 Å². The number of hydrogen-bond acceptors (Lipinski definition) is 5. The minimum absolute atomic E-state index is 0.235. The Morgan fingerprint density at radius 2 is 2.00 bits per heavy atom. The van der Waals surface area contributed by atoms with Crippen molar-refractivity contribution in [3.8, 4) is 5.75 Å². The largest absolute Gasteiger partial charge is 0.508 e. The zero-order valence-electron chi connectivity index (χ0n) is 11.8. The summed E-state index contributed by atoms with van der Waals surface area (Å²) in [7, 11) is 0. The monoisotopic (exact) mass is 286 g/mol. The second kappa shape index (κ2) is 7.23. The first-order valence-electron chi connectivity index (χ1n) is 6.81. The highest BCUT2D eigenvalue weighted by Crippen LogP contribution is 2.09. The zero-order valence-corrected chi connectivity index (χ0v) is 11.8. The van der Waals surface area contributed by atoms with Crippen LogP contribution in [0.4, 0.5) is 5.82 Å². The van der Waals surface area contributed by atoms with E-state index in [2.05, 4.69) is 20.6 Å². The van der Waals surface area contributed by atoms with Crippen molar-refractivity contribution in [2.24, 2.45) is 0 Å². The van der Waals surface area contributed by atoms with Crippen molar-refractivity contribution in [3.63, 3.8) is 0 Å². The third-order valence-corrected chi connectivity index (χ3v) is 2.86. The van der Waals surface area contributed by atoms with Gasteiger partial charge < -0.3 is 15.7 Å². The summed E-state index contributed by atoms with van der Waals surface area (Å²) in [5.74, 6) is 0.572. The molecular formula is C15H18N4O2. The average Bonchev–Trinajstić information content (AvgIpc) is 2.50. The number of phenolic OH excluding ortho intramolecular Hbond substituents is 1. The molecule has 0 atom stereocenters. The molecule has 0 aliphatic rings. The minimum atomic E-state index is -0.249. The van der Waals surface area contributed by atoms with Crippen LogP contribution < -0.4 is 10.6 Å². The van der Waals surface area contributed by atoms with Crippen molar-refractivity contribution in [1.82, 2.24) is 15.3 Å². The molecule has 6 nitrogen and oxygen atoms in total. The van der Waals surface area contributed by atoms with Crippen LogP contribution >= 0.6 is 0 Å². The molecule has 0 radical (unpaired) electrons. The lowest BCUT2D eigenvalue weighted by Gasteiger charge is -2.06. The molecule has 0 unspecified atom stereocenters. The predicted octanol–water partition coefficient (Wildman–Crippen LogP) is 1.59. The number of nitrogens with one attached hydrogen (secondary N) is 2. The van der Waals surface area contributed by atoms with Crippen LogP contribution in [0.3, 0.4) is 0 Å². The Labute approximate surface area is 123 Å². The number of aromatic nitrogens is 2. The summed E-state index contributed by atoms with van der Waals surface area (Å²) in [4.78, 5) is 20.1. The molecule has 0 saturated heterocycles. The first kappa shape index (κ1) is 14.8. The molecule has 110 valence electrons. The number of benzene rings is 1. The van der Waals surface area contributed by atoms with Crippen LogP contribution in [0.5, 0.6) is 5.75 Å². The summed E-state index contributed by atoms with van der Waals surface area (Å²) in [6.07, 6.45) is 3.71. The minimum Gasteiger partial charge on any atom is -0.508 e. The Morgan fingerprint density at radius 1 is 1.24 bits per heavy atom. The van der Waals surface area contributed by atoms with Crippen LogP contribution in [0.25, 0.3) is 0 Å². The molecule has 0 spiro atoms. The van der Waals surface area contributed by atoms with Gasteiger partial charge in [0.2, 0.25) is 0 Å². The Hall–Kier alpha value is -2.63. The van der Waals surface area contributed by atoms with E-state index < -0.39 is 0 Å². The predicted molar refractivity (Wildman–Crippen MR) is 80.3 cm³/mol. The van der Waals surface area contributed by atoms with Gasteiger partial charge in [-0.1, -0.05) is 12.1 Å². The fraction of sp³-hybridized carbons (Fsp3) is 0.267. The fourth-order valence-corrected chi connectivity index (χ4v) is 1.82. The van der Waals surface area contributed by atoms with E-state index in [1.165, 1.54) is 6.20 Å². The van der Waals surface area contributed by atoms with Gasteiger partial charge in [0.1, 0.15) is 17.3 Å². The SMILES string of the molecule is CCNc1cncc(C(=O)NCCc2ccc(O)cc2)n1. The molecular weight excluding hydrogens is 268 g/mol. The standard InChI is InChI=1S/C15H18N4O2/c1-2-17-14-10-16-9-13(19-14)15(21)18-8-7-11-3-5-12(20)6-4-11/h3-6,9-10,20H,2,7-8H2,1H3,(H,17,19)(H,18,21). The van der Waals surface area contributed by atoms with Crippen LogP contribution in [0.1, 0.15) is 23.0 Å². The molecule has 2 aromatic rings. The van der Waals surface area contributed by atoms with Gasteiger partial charge in [-0.05, 0) is 31.0 Å². The average molecular weight is 286 g/mol. The lowest BCUT2D eigenvalue weighted by Crippen LogP contribution is -2.27. The number of hydrogen-bond donors (Lipinski definition) is 3. The molecule has 0 aliphatic heterocycles. The van der Waals surface area contributed by atoms with Gasteiger partial charge >= 0.3 is 0 Å². The molecule has 0 bridgehead atoms. The van der Waals surface area contributed by atoms with Crippen molar-refractivity contribution in [2.75, 3.05) is 18.4 Å². The first-order valence-corrected chi connectivity index (χ1v) is 6.81. The summed E-state index contributed by atoms with van der Waals surface area (Å²) in [6, 6.07) is 6.91. The molecule has 1 aromatic carbocycles. The lowest BCUT2D eigenvalue weighted by molar-refractivity contribution is 0.0949. The van der Waals surface area contributed by atoms with E-state index in [1.54, 1.807) is 18.3 Å². The number of aromatic hydroxyl groups is 1. The number of phenols is 1. The van der Waals surface area contributed by atoms with E-state index in [0.717, 1.165) is 12.1 Å². The van der Waals surface area contributed by atoms with Crippen molar-refractivity contribution in [3.05, 3.63) is 47.9 Å². The number of nitrogens with zero attached hydrogens (tertiary/aromatic N) is 2. The number of carbonyl (C=O) groups excluding carboxylic acids is 1. The van der Waals surface area contributed by atoms with Gasteiger partial charge in [-0.2, -0.15) is 0 Å². The third kappa shape index (κ3) is 4.45. The molecule has 3 N–H and O–H groups in total. The normalized spacial score (nSPS) is 10.1. The van der Waals surface area contributed by atoms with Crippen molar-refractivity contribution >= 4 is 11.7 Å². The molecule has 0 fully saturated rings. The van der Waals surface area contributed by atoms with Gasteiger partial charge in [0.25, 0.3) is 5.91 Å².